The third-order valence-corrected chi connectivity index (χ3v) is 6.29. The second-order valence-electron chi connectivity index (χ2n) is 8.26. The smallest absolute Gasteiger partial charge is 0.245 e. The predicted molar refractivity (Wildman–Crippen MR) is 126 cm³/mol. The van der Waals surface area contributed by atoms with Gasteiger partial charge in [-0.2, -0.15) is 0 Å². The topological polar surface area (TPSA) is 90.0 Å². The minimum absolute atomic E-state index is 0.104. The maximum Gasteiger partial charge on any atom is 0.245 e. The molecule has 8 heteroatoms. The van der Waals surface area contributed by atoms with Crippen LogP contribution < -0.4 is 24.4 Å². The molecular formula is C26H25N3O5. The molecule has 0 fully saturated rings. The molecule has 174 valence electrons. The number of hydrogen-bond donors (Lipinski definition) is 1. The summed E-state index contributed by atoms with van der Waals surface area (Å²) in [4.78, 5) is 30.6. The van der Waals surface area contributed by atoms with Crippen LogP contribution >= 0.6 is 0 Å². The van der Waals surface area contributed by atoms with Gasteiger partial charge in [0, 0.05) is 48.2 Å². The summed E-state index contributed by atoms with van der Waals surface area (Å²) in [7, 11) is 3.63. The Hall–Kier alpha value is -3.91. The summed E-state index contributed by atoms with van der Waals surface area (Å²) in [6.07, 6.45) is 2.59. The number of fused-ring (bicyclic) bond motifs is 5. The fraction of sp³-hybridized carbons (Fsp3) is 0.269. The quantitative estimate of drug-likeness (QED) is 0.603. The molecule has 1 amide bonds. The lowest BCUT2D eigenvalue weighted by molar-refractivity contribution is -0.121. The van der Waals surface area contributed by atoms with E-state index in [0.717, 1.165) is 29.8 Å². The number of hydrogen-bond acceptors (Lipinski definition) is 7. The fourth-order valence-electron chi connectivity index (χ4n) is 4.76. The molecule has 8 nitrogen and oxygen atoms in total. The van der Waals surface area contributed by atoms with Crippen LogP contribution in [-0.2, 0) is 16.8 Å². The second kappa shape index (κ2) is 8.79. The van der Waals surface area contributed by atoms with Gasteiger partial charge >= 0.3 is 0 Å². The van der Waals surface area contributed by atoms with Crippen molar-refractivity contribution in [2.75, 3.05) is 38.8 Å². The Morgan fingerprint density at radius 1 is 1.06 bits per heavy atom. The van der Waals surface area contributed by atoms with E-state index in [4.69, 9.17) is 14.2 Å². The van der Waals surface area contributed by atoms with E-state index in [1.54, 1.807) is 36.3 Å². The number of nitrogens with zero attached hydrogens (tertiary/aromatic N) is 2. The van der Waals surface area contributed by atoms with E-state index < -0.39 is 5.41 Å². The van der Waals surface area contributed by atoms with Crippen molar-refractivity contribution in [1.82, 2.24) is 10.3 Å². The zero-order valence-corrected chi connectivity index (χ0v) is 19.0. The zero-order valence-electron chi connectivity index (χ0n) is 19.0. The van der Waals surface area contributed by atoms with Gasteiger partial charge in [0.15, 0.2) is 11.5 Å². The van der Waals surface area contributed by atoms with E-state index in [-0.39, 0.29) is 12.5 Å². The molecule has 0 aliphatic carbocycles. The summed E-state index contributed by atoms with van der Waals surface area (Å²) >= 11 is 0. The number of benzene rings is 2. The van der Waals surface area contributed by atoms with E-state index in [2.05, 4.69) is 10.3 Å². The van der Waals surface area contributed by atoms with Crippen LogP contribution in [0.3, 0.4) is 0 Å². The molecule has 1 N–H and O–H groups in total. The summed E-state index contributed by atoms with van der Waals surface area (Å²) in [6.45, 7) is 1.95. The first-order valence-corrected chi connectivity index (χ1v) is 11.1. The average Bonchev–Trinajstić information content (AvgIpc) is 3.35. The summed E-state index contributed by atoms with van der Waals surface area (Å²) in [5, 5.41) is 3.02. The lowest BCUT2D eigenvalue weighted by atomic mass is 9.75. The van der Waals surface area contributed by atoms with Crippen LogP contribution in [0.2, 0.25) is 0 Å². The van der Waals surface area contributed by atoms with Crippen molar-refractivity contribution in [3.05, 3.63) is 77.1 Å². The molecule has 1 spiro atoms. The molecule has 34 heavy (non-hydrogen) atoms. The number of rotatable bonds is 3. The Balaban J connectivity index is 0.000000227. The molecule has 0 radical (unpaired) electrons. The number of likely N-dealkylation sites (N-methyl/N-ethyl adjacent to an activating group) is 1. The molecular weight excluding hydrogens is 434 g/mol. The molecule has 3 aliphatic heterocycles. The second-order valence-corrected chi connectivity index (χ2v) is 8.26. The highest BCUT2D eigenvalue weighted by Gasteiger charge is 2.57. The molecule has 3 aliphatic rings. The van der Waals surface area contributed by atoms with Gasteiger partial charge in [-0.05, 0) is 31.3 Å². The van der Waals surface area contributed by atoms with Gasteiger partial charge in [0.2, 0.25) is 5.91 Å². The number of aromatic nitrogens is 1. The molecule has 6 rings (SSSR count). The van der Waals surface area contributed by atoms with Gasteiger partial charge in [-0.1, -0.05) is 18.2 Å². The molecule has 0 saturated carbocycles. The fourth-order valence-corrected chi connectivity index (χ4v) is 4.76. The van der Waals surface area contributed by atoms with E-state index >= 15 is 0 Å². The normalized spacial score (nSPS) is 19.1. The SMILES string of the molecule is CN1C(=O)C2(COc3cc4c(cc32)OCCO4)c2c(C=O)cccc21.CNCc1ccccn1. The van der Waals surface area contributed by atoms with Crippen molar-refractivity contribution in [2.24, 2.45) is 0 Å². The molecule has 1 aromatic heterocycles. The Bertz CT molecular complexity index is 1250. The number of anilines is 1. The standard InChI is InChI=1S/C19H15NO5.C7H10N2/c1-20-13-4-2-3-11(9-21)17(13)19(18(20)22)10-25-14-8-16-15(7-12(14)19)23-5-6-24-16;1-8-6-7-4-2-3-5-9-7/h2-4,7-9H,5-6,10H2,1H3;2-5,8H,6H2,1H3. The largest absolute Gasteiger partial charge is 0.491 e. The minimum Gasteiger partial charge on any atom is -0.491 e. The van der Waals surface area contributed by atoms with Crippen molar-refractivity contribution in [1.29, 1.82) is 0 Å². The third-order valence-electron chi connectivity index (χ3n) is 6.29. The maximum atomic E-state index is 13.2. The highest BCUT2D eigenvalue weighted by molar-refractivity contribution is 6.13. The lowest BCUT2D eigenvalue weighted by Gasteiger charge is -2.24. The zero-order chi connectivity index (χ0) is 23.7. The van der Waals surface area contributed by atoms with Crippen LogP contribution in [0.1, 0.15) is 27.2 Å². The Morgan fingerprint density at radius 3 is 2.56 bits per heavy atom. The number of carbonyl (C=O) groups is 2. The number of pyridine rings is 1. The first kappa shape index (κ1) is 21.9. The van der Waals surface area contributed by atoms with Gasteiger partial charge in [0.25, 0.3) is 0 Å². The highest BCUT2D eigenvalue weighted by Crippen LogP contribution is 2.55. The average molecular weight is 460 g/mol. The summed E-state index contributed by atoms with van der Waals surface area (Å²) in [5.41, 5.74) is 2.73. The van der Waals surface area contributed by atoms with Crippen molar-refractivity contribution in [2.45, 2.75) is 12.0 Å². The maximum absolute atomic E-state index is 13.2. The summed E-state index contributed by atoms with van der Waals surface area (Å²) < 4.78 is 17.2. The summed E-state index contributed by atoms with van der Waals surface area (Å²) in [5.74, 6) is 1.71. The van der Waals surface area contributed by atoms with E-state index in [1.807, 2.05) is 37.4 Å². The van der Waals surface area contributed by atoms with Crippen molar-refractivity contribution >= 4 is 17.9 Å². The van der Waals surface area contributed by atoms with Crippen LogP contribution in [0.15, 0.2) is 54.7 Å². The van der Waals surface area contributed by atoms with Gasteiger partial charge in [-0.15, -0.1) is 0 Å². The monoisotopic (exact) mass is 459 g/mol. The molecule has 1 unspecified atom stereocenters. The number of amides is 1. The Labute approximate surface area is 197 Å². The molecule has 3 aromatic rings. The van der Waals surface area contributed by atoms with Crippen LogP contribution in [0, 0.1) is 0 Å². The third kappa shape index (κ3) is 3.38. The van der Waals surface area contributed by atoms with Crippen LogP contribution in [-0.4, -0.2) is 51.1 Å². The van der Waals surface area contributed by atoms with Crippen LogP contribution in [0.5, 0.6) is 17.2 Å². The van der Waals surface area contributed by atoms with Gasteiger partial charge in [0.1, 0.15) is 37.3 Å². The van der Waals surface area contributed by atoms with Crippen LogP contribution in [0.4, 0.5) is 5.69 Å². The number of carbonyl (C=O) groups excluding carboxylic acids is 2. The lowest BCUT2D eigenvalue weighted by Crippen LogP contribution is -2.41. The molecule has 1 atom stereocenters. The molecule has 0 saturated heterocycles. The first-order chi connectivity index (χ1) is 16.6. The van der Waals surface area contributed by atoms with Crippen molar-refractivity contribution in [3.63, 3.8) is 0 Å². The van der Waals surface area contributed by atoms with Crippen molar-refractivity contribution < 1.29 is 23.8 Å². The van der Waals surface area contributed by atoms with E-state index in [0.29, 0.717) is 41.6 Å². The van der Waals surface area contributed by atoms with Gasteiger partial charge < -0.3 is 24.4 Å². The van der Waals surface area contributed by atoms with Gasteiger partial charge in [-0.3, -0.25) is 14.6 Å². The number of ether oxygens (including phenoxy) is 3. The molecule has 0 bridgehead atoms. The highest BCUT2D eigenvalue weighted by atomic mass is 16.6. The van der Waals surface area contributed by atoms with Gasteiger partial charge in [-0.25, -0.2) is 0 Å². The minimum atomic E-state index is -1.02. The van der Waals surface area contributed by atoms with Crippen LogP contribution in [0.25, 0.3) is 0 Å². The Kier molecular flexibility index (Phi) is 5.67. The first-order valence-electron chi connectivity index (χ1n) is 11.1. The van der Waals surface area contributed by atoms with E-state index in [9.17, 15) is 9.59 Å². The van der Waals surface area contributed by atoms with Crippen molar-refractivity contribution in [3.8, 4) is 17.2 Å². The molecule has 2 aromatic carbocycles. The van der Waals surface area contributed by atoms with E-state index in [1.165, 1.54) is 0 Å². The molecule has 4 heterocycles. The number of nitrogens with one attached hydrogen (secondary N) is 1. The summed E-state index contributed by atoms with van der Waals surface area (Å²) in [6, 6.07) is 14.9. The number of aldehydes is 1. The van der Waals surface area contributed by atoms with Gasteiger partial charge in [0.05, 0.1) is 5.69 Å². The predicted octanol–water partition coefficient (Wildman–Crippen LogP) is 2.73. The Morgan fingerprint density at radius 2 is 1.85 bits per heavy atom.